The van der Waals surface area contributed by atoms with E-state index in [1.807, 2.05) is 0 Å². The van der Waals surface area contributed by atoms with Crippen LogP contribution in [0.3, 0.4) is 0 Å². The number of anilines is 2. The van der Waals surface area contributed by atoms with Crippen LogP contribution in [0.25, 0.3) is 0 Å². The molecule has 5 N–H and O–H groups in total. The van der Waals surface area contributed by atoms with Gasteiger partial charge >= 0.3 is 5.97 Å². The van der Waals surface area contributed by atoms with Crippen molar-refractivity contribution in [2.24, 2.45) is 0 Å². The second-order valence-corrected chi connectivity index (χ2v) is 5.12. The van der Waals surface area contributed by atoms with Crippen molar-refractivity contribution in [3.8, 4) is 0 Å². The molecule has 1 unspecified atom stereocenters. The maximum Gasteiger partial charge on any atom is 0.328 e. The van der Waals surface area contributed by atoms with Crippen LogP contribution in [-0.4, -0.2) is 25.0 Å². The van der Waals surface area contributed by atoms with E-state index in [4.69, 9.17) is 16.2 Å². The first-order valence-electron chi connectivity index (χ1n) is 7.08. The van der Waals surface area contributed by atoms with E-state index in [1.54, 1.807) is 48.5 Å². The van der Waals surface area contributed by atoms with Crippen LogP contribution in [0, 0.1) is 0 Å². The molecule has 2 rings (SSSR count). The van der Waals surface area contributed by atoms with Crippen molar-refractivity contribution in [2.45, 2.75) is 12.5 Å². The van der Waals surface area contributed by atoms with Gasteiger partial charge in [0.15, 0.2) is 0 Å². The van der Waals surface area contributed by atoms with Gasteiger partial charge in [-0.25, -0.2) is 4.79 Å². The van der Waals surface area contributed by atoms with E-state index in [0.29, 0.717) is 23.4 Å². The minimum absolute atomic E-state index is 0.313. The first-order valence-corrected chi connectivity index (χ1v) is 7.08. The zero-order chi connectivity index (χ0) is 16.8. The highest BCUT2D eigenvalue weighted by atomic mass is 16.5. The van der Waals surface area contributed by atoms with Gasteiger partial charge in [0, 0.05) is 23.4 Å². The van der Waals surface area contributed by atoms with Crippen LogP contribution in [0.5, 0.6) is 0 Å². The molecule has 2 aromatic carbocycles. The third kappa shape index (κ3) is 4.47. The highest BCUT2D eigenvalue weighted by molar-refractivity contribution is 5.97. The molecule has 120 valence electrons. The van der Waals surface area contributed by atoms with E-state index in [9.17, 15) is 9.59 Å². The topological polar surface area (TPSA) is 107 Å². The number of nitrogen functional groups attached to an aromatic ring is 2. The number of ether oxygens (including phenoxy) is 1. The van der Waals surface area contributed by atoms with Gasteiger partial charge < -0.3 is 21.5 Å². The highest BCUT2D eigenvalue weighted by Gasteiger charge is 2.22. The van der Waals surface area contributed by atoms with Crippen molar-refractivity contribution in [3.63, 3.8) is 0 Å². The highest BCUT2D eigenvalue weighted by Crippen LogP contribution is 2.10. The molecule has 0 saturated carbocycles. The average Bonchev–Trinajstić information content (AvgIpc) is 2.56. The van der Waals surface area contributed by atoms with E-state index >= 15 is 0 Å². The maximum absolute atomic E-state index is 12.3. The van der Waals surface area contributed by atoms with Gasteiger partial charge in [0.2, 0.25) is 0 Å². The summed E-state index contributed by atoms with van der Waals surface area (Å²) in [6.07, 6.45) is 0.313. The van der Waals surface area contributed by atoms with Crippen LogP contribution in [0.4, 0.5) is 11.4 Å². The Morgan fingerprint density at radius 3 is 2.04 bits per heavy atom. The molecular formula is C17H19N3O3. The first-order chi connectivity index (χ1) is 11.0. The summed E-state index contributed by atoms with van der Waals surface area (Å²) < 4.78 is 4.77. The molecule has 1 amide bonds. The van der Waals surface area contributed by atoms with Gasteiger partial charge in [0.05, 0.1) is 7.11 Å². The van der Waals surface area contributed by atoms with Crippen molar-refractivity contribution in [1.82, 2.24) is 5.32 Å². The lowest BCUT2D eigenvalue weighted by molar-refractivity contribution is -0.142. The Balaban J connectivity index is 2.12. The summed E-state index contributed by atoms with van der Waals surface area (Å²) in [7, 11) is 1.29. The summed E-state index contributed by atoms with van der Waals surface area (Å²) in [6.45, 7) is 0. The van der Waals surface area contributed by atoms with Crippen LogP contribution in [0.2, 0.25) is 0 Å². The predicted octanol–water partition coefficient (Wildman–Crippen LogP) is 1.37. The molecular weight excluding hydrogens is 294 g/mol. The Kier molecular flexibility index (Phi) is 5.19. The number of nitrogens with two attached hydrogens (primary N) is 2. The van der Waals surface area contributed by atoms with Gasteiger partial charge in [0.1, 0.15) is 6.04 Å². The zero-order valence-corrected chi connectivity index (χ0v) is 12.8. The van der Waals surface area contributed by atoms with Gasteiger partial charge in [-0.3, -0.25) is 4.79 Å². The average molecular weight is 313 g/mol. The van der Waals surface area contributed by atoms with Crippen LogP contribution in [0.1, 0.15) is 15.9 Å². The number of methoxy groups -OCH3 is 1. The lowest BCUT2D eigenvalue weighted by Crippen LogP contribution is -2.43. The number of hydrogen-bond donors (Lipinski definition) is 3. The number of amides is 1. The fraction of sp³-hybridized carbons (Fsp3) is 0.176. The monoisotopic (exact) mass is 313 g/mol. The SMILES string of the molecule is COC(=O)C(Cc1ccc(N)cc1)NC(=O)c1ccc(N)cc1. The van der Waals surface area contributed by atoms with E-state index in [1.165, 1.54) is 7.11 Å². The lowest BCUT2D eigenvalue weighted by atomic mass is 10.0. The maximum atomic E-state index is 12.3. The van der Waals surface area contributed by atoms with Crippen molar-refractivity contribution >= 4 is 23.3 Å². The lowest BCUT2D eigenvalue weighted by Gasteiger charge is -2.17. The molecule has 0 aromatic heterocycles. The Bertz CT molecular complexity index is 681. The molecule has 0 radical (unpaired) electrons. The Labute approximate surface area is 134 Å². The minimum atomic E-state index is -0.784. The second-order valence-electron chi connectivity index (χ2n) is 5.12. The van der Waals surface area contributed by atoms with Gasteiger partial charge in [-0.2, -0.15) is 0 Å². The number of benzene rings is 2. The standard InChI is InChI=1S/C17H19N3O3/c1-23-17(22)15(10-11-2-6-13(18)7-3-11)20-16(21)12-4-8-14(19)9-5-12/h2-9,15H,10,18-19H2,1H3,(H,20,21). The molecule has 0 aliphatic heterocycles. The van der Waals surface area contributed by atoms with Gasteiger partial charge in [-0.05, 0) is 42.0 Å². The molecule has 23 heavy (non-hydrogen) atoms. The van der Waals surface area contributed by atoms with E-state index in [0.717, 1.165) is 5.56 Å². The Morgan fingerprint density at radius 2 is 1.52 bits per heavy atom. The first kappa shape index (κ1) is 16.4. The fourth-order valence-corrected chi connectivity index (χ4v) is 2.10. The Morgan fingerprint density at radius 1 is 1.00 bits per heavy atom. The van der Waals surface area contributed by atoms with Crippen LogP contribution in [-0.2, 0) is 16.0 Å². The van der Waals surface area contributed by atoms with Gasteiger partial charge in [-0.15, -0.1) is 0 Å². The molecule has 0 bridgehead atoms. The molecule has 0 heterocycles. The molecule has 6 nitrogen and oxygen atoms in total. The molecule has 1 atom stereocenters. The Hall–Kier alpha value is -3.02. The van der Waals surface area contributed by atoms with E-state index in [2.05, 4.69) is 5.32 Å². The van der Waals surface area contributed by atoms with Crippen LogP contribution in [0.15, 0.2) is 48.5 Å². The van der Waals surface area contributed by atoms with Crippen molar-refractivity contribution in [3.05, 3.63) is 59.7 Å². The molecule has 0 spiro atoms. The largest absolute Gasteiger partial charge is 0.467 e. The summed E-state index contributed by atoms with van der Waals surface area (Å²) in [5.74, 6) is -0.874. The summed E-state index contributed by atoms with van der Waals surface area (Å²) >= 11 is 0. The predicted molar refractivity (Wildman–Crippen MR) is 88.7 cm³/mol. The fourth-order valence-electron chi connectivity index (χ4n) is 2.10. The third-order valence-corrected chi connectivity index (χ3v) is 3.38. The van der Waals surface area contributed by atoms with Gasteiger partial charge in [-0.1, -0.05) is 12.1 Å². The van der Waals surface area contributed by atoms with Crippen molar-refractivity contribution in [1.29, 1.82) is 0 Å². The number of esters is 1. The number of carbonyl (C=O) groups excluding carboxylic acids is 2. The van der Waals surface area contributed by atoms with Crippen LogP contribution >= 0.6 is 0 Å². The smallest absolute Gasteiger partial charge is 0.328 e. The van der Waals surface area contributed by atoms with E-state index < -0.39 is 12.0 Å². The summed E-state index contributed by atoms with van der Waals surface area (Å²) in [5, 5.41) is 2.68. The number of carbonyl (C=O) groups is 2. The van der Waals surface area contributed by atoms with E-state index in [-0.39, 0.29) is 5.91 Å². The molecule has 6 heteroatoms. The van der Waals surface area contributed by atoms with Crippen molar-refractivity contribution in [2.75, 3.05) is 18.6 Å². The normalized spacial score (nSPS) is 11.5. The molecule has 0 fully saturated rings. The second kappa shape index (κ2) is 7.31. The minimum Gasteiger partial charge on any atom is -0.467 e. The molecule has 0 aliphatic rings. The van der Waals surface area contributed by atoms with Crippen LogP contribution < -0.4 is 16.8 Å². The summed E-state index contributed by atoms with van der Waals surface area (Å²) in [5.41, 5.74) is 13.7. The summed E-state index contributed by atoms with van der Waals surface area (Å²) in [4.78, 5) is 24.2. The summed E-state index contributed by atoms with van der Waals surface area (Å²) in [6, 6.07) is 12.8. The molecule has 0 aliphatic carbocycles. The molecule has 0 saturated heterocycles. The van der Waals surface area contributed by atoms with Gasteiger partial charge in [0.25, 0.3) is 5.91 Å². The third-order valence-electron chi connectivity index (χ3n) is 3.38. The number of nitrogens with one attached hydrogen (secondary N) is 1. The number of rotatable bonds is 5. The number of hydrogen-bond acceptors (Lipinski definition) is 5. The van der Waals surface area contributed by atoms with Crippen molar-refractivity contribution < 1.29 is 14.3 Å². The zero-order valence-electron chi connectivity index (χ0n) is 12.8. The quantitative estimate of drug-likeness (QED) is 0.571. The molecule has 2 aromatic rings.